The van der Waals surface area contributed by atoms with E-state index in [4.69, 9.17) is 0 Å². The maximum atomic E-state index is 12.1. The summed E-state index contributed by atoms with van der Waals surface area (Å²) in [6.07, 6.45) is 1.72. The molecule has 17 heavy (non-hydrogen) atoms. The van der Waals surface area contributed by atoms with Crippen LogP contribution in [0.25, 0.3) is 0 Å². The predicted molar refractivity (Wildman–Crippen MR) is 59.1 cm³/mol. The first-order valence-electron chi connectivity index (χ1n) is 5.28. The Labute approximate surface area is 98.3 Å². The Hall–Kier alpha value is -2.11. The normalized spacial score (nSPS) is 24.0. The summed E-state index contributed by atoms with van der Waals surface area (Å²) in [5.74, 6) is -0.732. The number of aromatic nitrogens is 1. The van der Waals surface area contributed by atoms with Gasteiger partial charge in [0, 0.05) is 6.07 Å². The zero-order valence-corrected chi connectivity index (χ0v) is 9.56. The molecule has 6 nitrogen and oxygen atoms in total. The second-order valence-electron chi connectivity index (χ2n) is 4.11. The lowest BCUT2D eigenvalue weighted by molar-refractivity contribution is -0.121. The lowest BCUT2D eigenvalue weighted by Crippen LogP contribution is -2.43. The molecule has 1 aliphatic heterocycles. The molecule has 2 rings (SSSR count). The summed E-state index contributed by atoms with van der Waals surface area (Å²) in [6.45, 7) is 3.49. The quantitative estimate of drug-likeness (QED) is 0.786. The average Bonchev–Trinajstić information content (AvgIpc) is 2.53. The summed E-state index contributed by atoms with van der Waals surface area (Å²) in [5.41, 5.74) is -0.572. The highest BCUT2D eigenvalue weighted by Gasteiger charge is 2.47. The fourth-order valence-corrected chi connectivity index (χ4v) is 1.66. The minimum Gasteiger partial charge on any atom is -0.323 e. The van der Waals surface area contributed by atoms with Crippen molar-refractivity contribution in [2.75, 3.05) is 4.90 Å². The van der Waals surface area contributed by atoms with Gasteiger partial charge in [0.1, 0.15) is 5.54 Å². The molecule has 1 aromatic heterocycles. The van der Waals surface area contributed by atoms with Gasteiger partial charge in [-0.1, -0.05) is 6.92 Å². The van der Waals surface area contributed by atoms with E-state index >= 15 is 0 Å². The van der Waals surface area contributed by atoms with Crippen molar-refractivity contribution >= 4 is 17.6 Å². The number of nitrogens with one attached hydrogen (secondary N) is 1. The van der Waals surface area contributed by atoms with Crippen LogP contribution in [-0.2, 0) is 9.90 Å². The summed E-state index contributed by atoms with van der Waals surface area (Å²) >= 11 is 0. The van der Waals surface area contributed by atoms with Gasteiger partial charge in [-0.25, -0.2) is 14.7 Å². The molecular formula is C11H12N3O3. The van der Waals surface area contributed by atoms with Crippen molar-refractivity contribution in [1.29, 1.82) is 0 Å². The second-order valence-corrected chi connectivity index (χ2v) is 4.11. The van der Waals surface area contributed by atoms with Crippen molar-refractivity contribution < 1.29 is 14.7 Å². The molecule has 6 heteroatoms. The Balaban J connectivity index is 2.37. The molecule has 3 amide bonds. The minimum atomic E-state index is -0.882. The van der Waals surface area contributed by atoms with E-state index in [1.807, 2.05) is 6.92 Å². The van der Waals surface area contributed by atoms with Crippen LogP contribution in [0.4, 0.5) is 10.5 Å². The van der Waals surface area contributed by atoms with Gasteiger partial charge < -0.3 is 5.32 Å². The van der Waals surface area contributed by atoms with E-state index in [0.29, 0.717) is 12.1 Å². The number of hydrogen-bond acceptors (Lipinski definition) is 3. The summed E-state index contributed by atoms with van der Waals surface area (Å²) in [5, 5.41) is 13.5. The molecule has 2 heterocycles. The standard InChI is InChI=1S/C11H12N3O3/c1-3-11(2)9(16)14(10(17)13-11)7-4-5-8(15)12-6-7/h4-6H,3H2,1-2H3,(H,13,17)/t11-/m1/s1. The fraction of sp³-hybridized carbons (Fsp3) is 0.364. The molecule has 1 aliphatic rings. The molecule has 1 radical (unpaired) electrons. The van der Waals surface area contributed by atoms with Gasteiger partial charge in [-0.2, -0.15) is 0 Å². The third kappa shape index (κ3) is 1.71. The van der Waals surface area contributed by atoms with Crippen molar-refractivity contribution in [3.8, 4) is 5.88 Å². The second kappa shape index (κ2) is 3.73. The average molecular weight is 234 g/mol. The van der Waals surface area contributed by atoms with Crippen molar-refractivity contribution in [1.82, 2.24) is 10.3 Å². The Morgan fingerprint density at radius 3 is 2.59 bits per heavy atom. The maximum Gasteiger partial charge on any atom is 0.329 e. The van der Waals surface area contributed by atoms with E-state index in [1.54, 1.807) is 6.92 Å². The van der Waals surface area contributed by atoms with E-state index in [2.05, 4.69) is 10.3 Å². The van der Waals surface area contributed by atoms with Gasteiger partial charge in [0.05, 0.1) is 11.9 Å². The molecule has 1 fully saturated rings. The molecule has 0 bridgehead atoms. The highest BCUT2D eigenvalue weighted by molar-refractivity contribution is 6.23. The van der Waals surface area contributed by atoms with E-state index in [0.717, 1.165) is 4.90 Å². The number of amides is 3. The Morgan fingerprint density at radius 1 is 1.41 bits per heavy atom. The molecule has 1 saturated heterocycles. The van der Waals surface area contributed by atoms with E-state index < -0.39 is 17.5 Å². The van der Waals surface area contributed by atoms with Gasteiger partial charge in [0.25, 0.3) is 11.8 Å². The SMILES string of the molecule is CC[C@@]1(C)NC(=O)N(c2ccc([O])nc2)C1=O. The highest BCUT2D eigenvalue weighted by atomic mass is 16.3. The minimum absolute atomic E-state index is 0.310. The number of carbonyl (C=O) groups excluding carboxylic acids is 2. The molecule has 1 N–H and O–H groups in total. The summed E-state index contributed by atoms with van der Waals surface area (Å²) in [4.78, 5) is 28.4. The van der Waals surface area contributed by atoms with Crippen LogP contribution in [0.3, 0.4) is 0 Å². The van der Waals surface area contributed by atoms with E-state index in [9.17, 15) is 14.7 Å². The monoisotopic (exact) mass is 234 g/mol. The zero-order valence-electron chi connectivity index (χ0n) is 9.56. The van der Waals surface area contributed by atoms with Gasteiger partial charge in [-0.3, -0.25) is 9.90 Å². The van der Waals surface area contributed by atoms with Crippen LogP contribution < -0.4 is 10.2 Å². The van der Waals surface area contributed by atoms with Crippen molar-refractivity contribution in [2.45, 2.75) is 25.8 Å². The van der Waals surface area contributed by atoms with Crippen molar-refractivity contribution in [2.24, 2.45) is 0 Å². The van der Waals surface area contributed by atoms with E-state index in [-0.39, 0.29) is 5.91 Å². The van der Waals surface area contributed by atoms with Crippen LogP contribution in [0.1, 0.15) is 20.3 Å². The van der Waals surface area contributed by atoms with Crippen LogP contribution in [0.2, 0.25) is 0 Å². The largest absolute Gasteiger partial charge is 0.329 e. The Morgan fingerprint density at radius 2 is 2.12 bits per heavy atom. The van der Waals surface area contributed by atoms with Gasteiger partial charge in [-0.15, -0.1) is 0 Å². The maximum absolute atomic E-state index is 12.1. The third-order valence-electron chi connectivity index (χ3n) is 2.95. The molecule has 0 unspecified atom stereocenters. The smallest absolute Gasteiger partial charge is 0.323 e. The lowest BCUT2D eigenvalue weighted by atomic mass is 9.99. The number of imide groups is 1. The van der Waals surface area contributed by atoms with Gasteiger partial charge in [0.2, 0.25) is 0 Å². The highest BCUT2D eigenvalue weighted by Crippen LogP contribution is 2.26. The molecule has 1 atom stereocenters. The molecule has 0 aliphatic carbocycles. The van der Waals surface area contributed by atoms with Crippen molar-refractivity contribution in [3.63, 3.8) is 0 Å². The summed E-state index contributed by atoms with van der Waals surface area (Å²) < 4.78 is 0. The van der Waals surface area contributed by atoms with Crippen LogP contribution in [0.5, 0.6) is 5.88 Å². The van der Waals surface area contributed by atoms with Crippen molar-refractivity contribution in [3.05, 3.63) is 18.3 Å². The van der Waals surface area contributed by atoms with Gasteiger partial charge in [0.15, 0.2) is 0 Å². The summed E-state index contributed by atoms with van der Waals surface area (Å²) in [6, 6.07) is 2.14. The van der Waals surface area contributed by atoms with E-state index in [1.165, 1.54) is 18.3 Å². The Kier molecular flexibility index (Phi) is 2.49. The molecule has 1 aromatic rings. The van der Waals surface area contributed by atoms with Crippen LogP contribution >= 0.6 is 0 Å². The number of anilines is 1. The first kappa shape index (κ1) is 11.4. The predicted octanol–water partition coefficient (Wildman–Crippen LogP) is 1.45. The number of pyridine rings is 1. The third-order valence-corrected chi connectivity index (χ3v) is 2.95. The topological polar surface area (TPSA) is 82.2 Å². The lowest BCUT2D eigenvalue weighted by Gasteiger charge is -2.18. The first-order chi connectivity index (χ1) is 7.98. The molecular weight excluding hydrogens is 222 g/mol. The first-order valence-corrected chi connectivity index (χ1v) is 5.28. The zero-order chi connectivity index (χ0) is 12.6. The van der Waals surface area contributed by atoms with Crippen LogP contribution in [-0.4, -0.2) is 22.5 Å². The van der Waals surface area contributed by atoms with Crippen LogP contribution in [0, 0.1) is 0 Å². The fourth-order valence-electron chi connectivity index (χ4n) is 1.66. The number of carbonyl (C=O) groups is 2. The molecule has 0 spiro atoms. The number of rotatable bonds is 2. The van der Waals surface area contributed by atoms with Gasteiger partial charge in [-0.05, 0) is 19.4 Å². The number of nitrogens with zero attached hydrogens (tertiary/aromatic N) is 2. The number of urea groups is 1. The van der Waals surface area contributed by atoms with Crippen LogP contribution in [0.15, 0.2) is 18.3 Å². The van der Waals surface area contributed by atoms with Gasteiger partial charge >= 0.3 is 6.03 Å². The molecule has 0 aromatic carbocycles. The molecule has 89 valence electrons. The number of hydrogen-bond donors (Lipinski definition) is 1. The summed E-state index contributed by atoms with van der Waals surface area (Å²) in [7, 11) is 0. The Bertz CT molecular complexity index is 471. The molecule has 0 saturated carbocycles.